The van der Waals surface area contributed by atoms with Gasteiger partial charge in [-0.2, -0.15) is 0 Å². The minimum atomic E-state index is -0.312. The largest absolute Gasteiger partial charge is 0.461 e. The molecular weight excluding hydrogens is 478 g/mol. The lowest BCUT2D eigenvalue weighted by Gasteiger charge is -2.26. The van der Waals surface area contributed by atoms with Crippen LogP contribution >= 0.6 is 0 Å². The summed E-state index contributed by atoms with van der Waals surface area (Å²) in [5.74, 6) is -0.468. The van der Waals surface area contributed by atoms with E-state index in [9.17, 15) is 4.79 Å². The number of hydrogen-bond acceptors (Lipinski definition) is 3. The van der Waals surface area contributed by atoms with E-state index >= 15 is 0 Å². The van der Waals surface area contributed by atoms with Gasteiger partial charge in [0.1, 0.15) is 6.61 Å². The number of carbonyl (C=O) groups is 1. The van der Waals surface area contributed by atoms with E-state index in [1.165, 1.54) is 0 Å². The average Bonchev–Trinajstić information content (AvgIpc) is 3.02. The molecule has 0 N–H and O–H groups in total. The molecule has 0 saturated carbocycles. The highest BCUT2D eigenvalue weighted by molar-refractivity contribution is 6.13. The van der Waals surface area contributed by atoms with Gasteiger partial charge in [0, 0.05) is 17.0 Å². The number of nitrogens with zero attached hydrogens (tertiary/aromatic N) is 1. The van der Waals surface area contributed by atoms with Gasteiger partial charge in [0.05, 0.1) is 18.2 Å². The van der Waals surface area contributed by atoms with Crippen LogP contribution in [0.1, 0.15) is 46.2 Å². The molecule has 0 unspecified atom stereocenters. The van der Waals surface area contributed by atoms with Gasteiger partial charge in [0.25, 0.3) is 0 Å². The molecule has 5 aromatic carbocycles. The summed E-state index contributed by atoms with van der Waals surface area (Å²) in [4.78, 5) is 18.7. The van der Waals surface area contributed by atoms with E-state index in [-0.39, 0.29) is 31.0 Å². The molecule has 3 nitrogen and oxygen atoms in total. The molecule has 0 aliphatic heterocycles. The van der Waals surface area contributed by atoms with Crippen LogP contribution in [0, 0.1) is 0 Å². The summed E-state index contributed by atoms with van der Waals surface area (Å²) in [5, 5.41) is 0. The predicted molar refractivity (Wildman–Crippen MR) is 158 cm³/mol. The summed E-state index contributed by atoms with van der Waals surface area (Å²) < 4.78 is 5.75. The van der Waals surface area contributed by atoms with E-state index in [0.29, 0.717) is 0 Å². The average molecular weight is 510 g/mol. The Bertz CT molecular complexity index is 1430. The maximum atomic E-state index is 13.3. The molecule has 2 atom stereocenters. The van der Waals surface area contributed by atoms with Gasteiger partial charge in [-0.05, 0) is 16.7 Å². The summed E-state index contributed by atoms with van der Waals surface area (Å²) in [7, 11) is 0. The summed E-state index contributed by atoms with van der Waals surface area (Å²) >= 11 is 0. The van der Waals surface area contributed by atoms with Crippen LogP contribution in [0.25, 0.3) is 0 Å². The smallest absolute Gasteiger partial charge is 0.306 e. The topological polar surface area (TPSA) is 38.7 Å². The van der Waals surface area contributed by atoms with Crippen LogP contribution in [0.15, 0.2) is 157 Å². The zero-order valence-corrected chi connectivity index (χ0v) is 21.8. The van der Waals surface area contributed by atoms with Crippen molar-refractivity contribution < 1.29 is 9.53 Å². The molecule has 5 rings (SSSR count). The number of hydrogen-bond donors (Lipinski definition) is 0. The highest BCUT2D eigenvalue weighted by atomic mass is 16.5. The zero-order valence-electron chi connectivity index (χ0n) is 21.8. The van der Waals surface area contributed by atoms with E-state index in [1.807, 2.05) is 103 Å². The molecule has 0 spiro atoms. The Labute approximate surface area is 230 Å². The maximum Gasteiger partial charge on any atom is 0.306 e. The van der Waals surface area contributed by atoms with Crippen molar-refractivity contribution in [2.75, 3.05) is 0 Å². The first-order valence-corrected chi connectivity index (χ1v) is 13.3. The molecule has 3 heteroatoms. The molecule has 0 bridgehead atoms. The molecule has 0 aliphatic carbocycles. The summed E-state index contributed by atoms with van der Waals surface area (Å²) in [6, 6.07) is 50.3. The van der Waals surface area contributed by atoms with Crippen molar-refractivity contribution in [3.05, 3.63) is 179 Å². The number of rotatable bonds is 10. The first-order chi connectivity index (χ1) is 19.3. The zero-order chi connectivity index (χ0) is 26.7. The van der Waals surface area contributed by atoms with Crippen molar-refractivity contribution in [3.63, 3.8) is 0 Å². The molecule has 39 heavy (non-hydrogen) atoms. The molecular formula is C36H31NO2. The van der Waals surface area contributed by atoms with Gasteiger partial charge in [-0.15, -0.1) is 0 Å². The van der Waals surface area contributed by atoms with Gasteiger partial charge in [0.15, 0.2) is 0 Å². The van der Waals surface area contributed by atoms with Crippen LogP contribution in [0.4, 0.5) is 0 Å². The molecule has 5 aromatic rings. The third-order valence-corrected chi connectivity index (χ3v) is 6.74. The number of ether oxygens (including phenoxy) is 1. The van der Waals surface area contributed by atoms with Gasteiger partial charge in [0.2, 0.25) is 0 Å². The van der Waals surface area contributed by atoms with Crippen molar-refractivity contribution in [3.8, 4) is 0 Å². The third kappa shape index (κ3) is 6.97. The maximum absolute atomic E-state index is 13.3. The van der Waals surface area contributed by atoms with Gasteiger partial charge in [-0.1, -0.05) is 152 Å². The Balaban J connectivity index is 1.57. The molecule has 0 aromatic heterocycles. The van der Waals surface area contributed by atoms with E-state index in [1.54, 1.807) is 0 Å². The molecule has 0 amide bonds. The molecule has 0 saturated heterocycles. The number of carbonyl (C=O) groups excluding carboxylic acids is 1. The third-order valence-electron chi connectivity index (χ3n) is 6.74. The second kappa shape index (κ2) is 13.2. The Kier molecular flexibility index (Phi) is 8.73. The number of benzene rings is 5. The molecule has 0 fully saturated rings. The van der Waals surface area contributed by atoms with Crippen LogP contribution in [0.2, 0.25) is 0 Å². The van der Waals surface area contributed by atoms with Crippen LogP contribution in [-0.2, 0) is 16.1 Å². The van der Waals surface area contributed by atoms with Crippen LogP contribution in [0.5, 0.6) is 0 Å². The molecule has 0 heterocycles. The van der Waals surface area contributed by atoms with Gasteiger partial charge < -0.3 is 4.74 Å². The lowest BCUT2D eigenvalue weighted by atomic mass is 9.84. The van der Waals surface area contributed by atoms with Crippen LogP contribution in [-0.4, -0.2) is 11.7 Å². The predicted octanol–water partition coefficient (Wildman–Crippen LogP) is 8.18. The quantitative estimate of drug-likeness (QED) is 0.141. The highest BCUT2D eigenvalue weighted by Gasteiger charge is 2.28. The minimum Gasteiger partial charge on any atom is -0.461 e. The van der Waals surface area contributed by atoms with Crippen LogP contribution in [0.3, 0.4) is 0 Å². The van der Waals surface area contributed by atoms with E-state index in [2.05, 4.69) is 48.5 Å². The van der Waals surface area contributed by atoms with Crippen molar-refractivity contribution >= 4 is 11.7 Å². The fraction of sp³-hybridized carbons (Fsp3) is 0.111. The highest BCUT2D eigenvalue weighted by Crippen LogP contribution is 2.38. The van der Waals surface area contributed by atoms with Crippen molar-refractivity contribution in [2.24, 2.45) is 4.99 Å². The van der Waals surface area contributed by atoms with Crippen molar-refractivity contribution in [1.82, 2.24) is 0 Å². The second-order valence-electron chi connectivity index (χ2n) is 9.43. The van der Waals surface area contributed by atoms with Crippen LogP contribution < -0.4 is 0 Å². The Morgan fingerprint density at radius 1 is 0.564 bits per heavy atom. The van der Waals surface area contributed by atoms with Crippen molar-refractivity contribution in [2.45, 2.75) is 25.0 Å². The Morgan fingerprint density at radius 3 is 1.51 bits per heavy atom. The molecule has 192 valence electrons. The summed E-state index contributed by atoms with van der Waals surface area (Å²) in [6.07, 6.45) is 0.205. The Hall–Kier alpha value is -4.76. The first-order valence-electron chi connectivity index (χ1n) is 13.3. The van der Waals surface area contributed by atoms with E-state index in [0.717, 1.165) is 33.5 Å². The lowest BCUT2D eigenvalue weighted by Crippen LogP contribution is -2.18. The lowest BCUT2D eigenvalue weighted by molar-refractivity contribution is -0.145. The van der Waals surface area contributed by atoms with Crippen molar-refractivity contribution in [1.29, 1.82) is 0 Å². The standard InChI is InChI=1S/C36H31NO2/c38-34(39-27-28-16-6-1-7-17-28)26-33(29-18-8-2-9-19-29)36(32-24-14-5-15-25-32)37-35(30-20-10-3-11-21-30)31-22-12-4-13-23-31/h1-25,33,36H,26-27H2/t33-,36+/m1/s1. The monoisotopic (exact) mass is 509 g/mol. The SMILES string of the molecule is O=C(C[C@H](c1ccccc1)[C@@H](N=C(c1ccccc1)c1ccccc1)c1ccccc1)OCc1ccccc1. The second-order valence-corrected chi connectivity index (χ2v) is 9.43. The first kappa shape index (κ1) is 25.9. The van der Waals surface area contributed by atoms with Gasteiger partial charge in [-0.3, -0.25) is 9.79 Å². The minimum absolute atomic E-state index is 0.205. The Morgan fingerprint density at radius 2 is 1.00 bits per heavy atom. The molecule has 0 radical (unpaired) electrons. The number of esters is 1. The summed E-state index contributed by atoms with van der Waals surface area (Å²) in [6.45, 7) is 0.250. The van der Waals surface area contributed by atoms with Gasteiger partial charge >= 0.3 is 5.97 Å². The fourth-order valence-corrected chi connectivity index (χ4v) is 4.78. The van der Waals surface area contributed by atoms with E-state index in [4.69, 9.17) is 9.73 Å². The van der Waals surface area contributed by atoms with E-state index < -0.39 is 0 Å². The molecule has 0 aliphatic rings. The summed E-state index contributed by atoms with van der Waals surface area (Å²) in [5.41, 5.74) is 6.02. The normalized spacial score (nSPS) is 12.2. The van der Waals surface area contributed by atoms with Gasteiger partial charge in [-0.25, -0.2) is 0 Å². The fourth-order valence-electron chi connectivity index (χ4n) is 4.78. The number of aliphatic imine (C=N–C) groups is 1.